The first-order valence-corrected chi connectivity index (χ1v) is 8.53. The quantitative estimate of drug-likeness (QED) is 0.509. The molecule has 0 aromatic heterocycles. The maximum atomic E-state index is 9.49. The van der Waals surface area contributed by atoms with Gasteiger partial charge < -0.3 is 0 Å². The van der Waals surface area contributed by atoms with Gasteiger partial charge in [0.1, 0.15) is 0 Å². The number of hydrogen-bond acceptors (Lipinski definition) is 1. The molecule has 0 fully saturated rings. The maximum absolute atomic E-state index is 9.49. The molecule has 0 bridgehead atoms. The van der Waals surface area contributed by atoms with Gasteiger partial charge in [-0.05, 0) is 0 Å². The molecule has 0 aromatic rings. The van der Waals surface area contributed by atoms with Crippen LogP contribution in [0.3, 0.4) is 0 Å². The second kappa shape index (κ2) is 2.15. The van der Waals surface area contributed by atoms with Crippen LogP contribution < -0.4 is 0 Å². The Labute approximate surface area is 35.8 Å². The normalized spacial score (nSPS) is 6.50. The zero-order chi connectivity index (χ0) is 3.58. The second-order valence-corrected chi connectivity index (χ2v) is 6.73. The van der Waals surface area contributed by atoms with Gasteiger partial charge in [0.25, 0.3) is 0 Å². The summed E-state index contributed by atoms with van der Waals surface area (Å²) in [5, 5.41) is 0. The van der Waals surface area contributed by atoms with E-state index in [4.69, 9.17) is 8.92 Å². The average Bonchev–Trinajstić information content (AvgIpc) is 0.811. The molecule has 0 saturated heterocycles. The van der Waals surface area contributed by atoms with Crippen molar-refractivity contribution in [2.75, 3.05) is 0 Å². The van der Waals surface area contributed by atoms with Crippen molar-refractivity contribution in [3.8, 4) is 0 Å². The van der Waals surface area contributed by atoms with E-state index in [0.717, 1.165) is 0 Å². The van der Waals surface area contributed by atoms with Gasteiger partial charge in [-0.1, -0.05) is 0 Å². The molecule has 3 heteroatoms. The molecule has 0 heterocycles. The minimum absolute atomic E-state index is 1.57. The van der Waals surface area contributed by atoms with Crippen LogP contribution in [0.1, 0.15) is 0 Å². The molecule has 1 nitrogen and oxygen atoms in total. The van der Waals surface area contributed by atoms with Crippen LogP contribution in [-0.2, 0) is 3.08 Å². The van der Waals surface area contributed by atoms with E-state index in [9.17, 15) is 3.08 Å². The van der Waals surface area contributed by atoms with Gasteiger partial charge in [0.05, 0.1) is 0 Å². The van der Waals surface area contributed by atoms with Crippen LogP contribution in [0.5, 0.6) is 0 Å². The molecule has 24 valence electrons. The summed E-state index contributed by atoms with van der Waals surface area (Å²) in [5.74, 6) is 0. The molecule has 0 aromatic carbocycles. The number of halogens is 1. The monoisotopic (exact) mass is 186 g/mol. The molecule has 0 aliphatic rings. The van der Waals surface area contributed by atoms with Gasteiger partial charge in [-0.25, -0.2) is 0 Å². The van der Waals surface area contributed by atoms with E-state index in [-0.39, 0.29) is 0 Å². The van der Waals surface area contributed by atoms with Crippen LogP contribution in [0.15, 0.2) is 0 Å². The Morgan fingerprint density at radius 3 is 2.00 bits per heavy atom. The van der Waals surface area contributed by atoms with E-state index in [0.29, 0.717) is 0 Å². The predicted molar refractivity (Wildman–Crippen MR) is 18.2 cm³/mol. The van der Waals surface area contributed by atoms with Crippen LogP contribution in [0.25, 0.3) is 0 Å². The van der Waals surface area contributed by atoms with Gasteiger partial charge in [0, 0.05) is 0 Å². The van der Waals surface area contributed by atoms with E-state index < -0.39 is 18.6 Å². The molecule has 4 heavy (non-hydrogen) atoms. The van der Waals surface area contributed by atoms with Gasteiger partial charge in [0.2, 0.25) is 0 Å². The van der Waals surface area contributed by atoms with Crippen LogP contribution in [0.4, 0.5) is 0 Å². The molecular formula is CH3ClOSn. The fourth-order valence-electron chi connectivity index (χ4n) is 0. The summed E-state index contributed by atoms with van der Waals surface area (Å²) in [4.78, 5) is 1.57. The number of rotatable bonds is 0. The molecule has 0 radical (unpaired) electrons. The zero-order valence-corrected chi connectivity index (χ0v) is 5.90. The van der Waals surface area contributed by atoms with Crippen molar-refractivity contribution in [2.45, 2.75) is 4.94 Å². The molecule has 0 N–H and O–H groups in total. The third-order valence-corrected chi connectivity index (χ3v) is 0. The van der Waals surface area contributed by atoms with E-state index in [1.807, 2.05) is 0 Å². The third kappa shape index (κ3) is 13.0. The summed E-state index contributed by atoms with van der Waals surface area (Å²) < 4.78 is 9.49. The van der Waals surface area contributed by atoms with E-state index >= 15 is 0 Å². The summed E-state index contributed by atoms with van der Waals surface area (Å²) >= 11 is -2.32. The van der Waals surface area contributed by atoms with Crippen molar-refractivity contribution < 1.29 is 3.08 Å². The molecule has 0 spiro atoms. The average molecular weight is 185 g/mol. The molecule has 0 aliphatic heterocycles. The van der Waals surface area contributed by atoms with Crippen molar-refractivity contribution in [1.29, 1.82) is 0 Å². The Hall–Kier alpha value is 0.889. The topological polar surface area (TPSA) is 17.1 Å². The first-order valence-electron chi connectivity index (χ1n) is 0.893. The molecule has 0 aliphatic carbocycles. The summed E-state index contributed by atoms with van der Waals surface area (Å²) in [6.45, 7) is 0. The summed E-state index contributed by atoms with van der Waals surface area (Å²) in [7, 11) is 4.92. The van der Waals surface area contributed by atoms with Crippen LogP contribution in [-0.4, -0.2) is 18.6 Å². The molecule has 0 saturated carbocycles. The standard InChI is InChI=1S/CH3.ClH.O.Sn/h1H3;1H;;/q;;;+1/p-1. The molecule has 0 rings (SSSR count). The Kier molecular flexibility index (Phi) is 2.62. The van der Waals surface area contributed by atoms with Gasteiger partial charge in [-0.3, -0.25) is 0 Å². The van der Waals surface area contributed by atoms with Gasteiger partial charge in [-0.2, -0.15) is 0 Å². The second-order valence-electron chi connectivity index (χ2n) is 0.470. The fraction of sp³-hybridized carbons (Fsp3) is 1.00. The Balaban J connectivity index is 2.80. The van der Waals surface area contributed by atoms with Gasteiger partial charge in [-0.15, -0.1) is 0 Å². The molecule has 0 atom stereocenters. The van der Waals surface area contributed by atoms with Gasteiger partial charge >= 0.3 is 35.6 Å². The summed E-state index contributed by atoms with van der Waals surface area (Å²) in [6, 6.07) is 0. The zero-order valence-electron chi connectivity index (χ0n) is 2.29. The fourth-order valence-corrected chi connectivity index (χ4v) is 0. The van der Waals surface area contributed by atoms with Crippen molar-refractivity contribution in [2.24, 2.45) is 0 Å². The van der Waals surface area contributed by atoms with Crippen molar-refractivity contribution in [3.63, 3.8) is 0 Å². The van der Waals surface area contributed by atoms with Crippen molar-refractivity contribution in [1.82, 2.24) is 0 Å². The first-order chi connectivity index (χ1) is 1.73. The van der Waals surface area contributed by atoms with E-state index in [1.54, 1.807) is 4.94 Å². The Morgan fingerprint density at radius 1 is 2.00 bits per heavy atom. The molecule has 0 unspecified atom stereocenters. The van der Waals surface area contributed by atoms with E-state index in [2.05, 4.69) is 0 Å². The Morgan fingerprint density at radius 2 is 2.00 bits per heavy atom. The van der Waals surface area contributed by atoms with Crippen LogP contribution >= 0.6 is 8.92 Å². The third-order valence-electron chi connectivity index (χ3n) is 0. The minimum atomic E-state index is -2.32. The summed E-state index contributed by atoms with van der Waals surface area (Å²) in [5.41, 5.74) is 0. The first kappa shape index (κ1) is 4.89. The predicted octanol–water partition coefficient (Wildman–Crippen LogP) is 0.774. The Bertz CT molecular complexity index is 31.0. The van der Waals surface area contributed by atoms with Crippen LogP contribution in [0.2, 0.25) is 4.94 Å². The molecule has 0 amide bonds. The number of hydrogen-bond donors (Lipinski definition) is 0. The van der Waals surface area contributed by atoms with Crippen molar-refractivity contribution in [3.05, 3.63) is 0 Å². The molecular weight excluding hydrogens is 182 g/mol. The van der Waals surface area contributed by atoms with Crippen molar-refractivity contribution >= 4 is 27.5 Å². The summed E-state index contributed by atoms with van der Waals surface area (Å²) in [6.07, 6.45) is 0. The van der Waals surface area contributed by atoms with Gasteiger partial charge in [0.15, 0.2) is 0 Å². The van der Waals surface area contributed by atoms with E-state index in [1.165, 1.54) is 0 Å². The SMILES string of the molecule is [CH3][Sn](=[O])[Cl]. The van der Waals surface area contributed by atoms with Crippen LogP contribution in [0, 0.1) is 0 Å².